The van der Waals surface area contributed by atoms with Crippen LogP contribution in [0, 0.1) is 5.82 Å². The summed E-state index contributed by atoms with van der Waals surface area (Å²) in [5, 5.41) is 6.65. The minimum absolute atomic E-state index is 0.0669. The summed E-state index contributed by atoms with van der Waals surface area (Å²) < 4.78 is 18.2. The van der Waals surface area contributed by atoms with E-state index >= 15 is 0 Å². The predicted octanol–water partition coefficient (Wildman–Crippen LogP) is 4.41. The van der Waals surface area contributed by atoms with Gasteiger partial charge in [-0.1, -0.05) is 23.7 Å². The number of methoxy groups -OCH3 is 1. The lowest BCUT2D eigenvalue weighted by Gasteiger charge is -2.11. The number of benzene rings is 2. The lowest BCUT2D eigenvalue weighted by molar-refractivity contribution is 0.414. The first kappa shape index (κ1) is 17.5. The molecule has 0 aliphatic rings. The van der Waals surface area contributed by atoms with Crippen LogP contribution in [-0.2, 0) is 6.42 Å². The maximum atomic E-state index is 13.1. The third-order valence-electron chi connectivity index (χ3n) is 3.26. The molecule has 23 heavy (non-hydrogen) atoms. The quantitative estimate of drug-likeness (QED) is 0.596. The Morgan fingerprint density at radius 1 is 1.22 bits per heavy atom. The van der Waals surface area contributed by atoms with Crippen LogP contribution < -0.4 is 15.4 Å². The molecule has 0 bridgehead atoms. The lowest BCUT2D eigenvalue weighted by Crippen LogP contribution is -2.29. The van der Waals surface area contributed by atoms with Gasteiger partial charge in [0.1, 0.15) is 11.6 Å². The van der Waals surface area contributed by atoms with Crippen LogP contribution in [0.2, 0.25) is 5.02 Å². The van der Waals surface area contributed by atoms with E-state index in [1.165, 1.54) is 17.7 Å². The molecule has 6 heteroatoms. The maximum Gasteiger partial charge on any atom is 0.170 e. The van der Waals surface area contributed by atoms with Gasteiger partial charge >= 0.3 is 0 Å². The van der Waals surface area contributed by atoms with Gasteiger partial charge in [-0.05, 0) is 61.0 Å². The highest BCUT2D eigenvalue weighted by atomic mass is 35.5. The fourth-order valence-electron chi connectivity index (χ4n) is 2.04. The minimum atomic E-state index is -0.449. The van der Waals surface area contributed by atoms with Gasteiger partial charge in [-0.15, -0.1) is 0 Å². The van der Waals surface area contributed by atoms with Gasteiger partial charge in [-0.3, -0.25) is 0 Å². The van der Waals surface area contributed by atoms with Crippen LogP contribution >= 0.6 is 23.8 Å². The molecule has 2 aromatic rings. The van der Waals surface area contributed by atoms with E-state index in [9.17, 15) is 4.39 Å². The molecule has 0 radical (unpaired) electrons. The van der Waals surface area contributed by atoms with E-state index in [1.807, 2.05) is 12.1 Å². The third kappa shape index (κ3) is 5.69. The molecule has 0 fully saturated rings. The zero-order valence-electron chi connectivity index (χ0n) is 12.7. The Labute approximate surface area is 145 Å². The highest BCUT2D eigenvalue weighted by Crippen LogP contribution is 2.19. The molecular weight excluding hydrogens is 335 g/mol. The molecule has 0 aromatic heterocycles. The van der Waals surface area contributed by atoms with Crippen LogP contribution in [0.15, 0.2) is 42.5 Å². The van der Waals surface area contributed by atoms with Crippen molar-refractivity contribution in [1.82, 2.24) is 5.32 Å². The number of nitrogens with one attached hydrogen (secondary N) is 2. The van der Waals surface area contributed by atoms with E-state index in [0.717, 1.165) is 25.1 Å². The molecule has 0 saturated heterocycles. The first-order chi connectivity index (χ1) is 11.1. The summed E-state index contributed by atoms with van der Waals surface area (Å²) in [6, 6.07) is 12.4. The van der Waals surface area contributed by atoms with Crippen LogP contribution in [0.5, 0.6) is 5.75 Å². The molecule has 0 aliphatic heterocycles. The highest BCUT2D eigenvalue weighted by molar-refractivity contribution is 7.80. The fraction of sp³-hybridized carbons (Fsp3) is 0.235. The summed E-state index contributed by atoms with van der Waals surface area (Å²) in [6.45, 7) is 0.743. The average molecular weight is 353 g/mol. The van der Waals surface area contributed by atoms with Crippen molar-refractivity contribution < 1.29 is 9.13 Å². The number of thiocarbonyl (C=S) groups is 1. The molecule has 0 unspecified atom stereocenters. The largest absolute Gasteiger partial charge is 0.497 e. The first-order valence-corrected chi connectivity index (χ1v) is 8.00. The Bertz CT molecular complexity index is 664. The zero-order valence-corrected chi connectivity index (χ0v) is 14.3. The molecule has 0 spiro atoms. The standard InChI is InChI=1S/C17H18ClFN2OS/c1-22-14-7-4-12(5-8-14)3-2-10-20-17(23)21-13-6-9-16(19)15(18)11-13/h4-9,11H,2-3,10H2,1H3,(H2,20,21,23). The number of ether oxygens (including phenoxy) is 1. The molecule has 0 amide bonds. The van der Waals surface area contributed by atoms with Gasteiger partial charge in [-0.25, -0.2) is 4.39 Å². The lowest BCUT2D eigenvalue weighted by atomic mass is 10.1. The van der Waals surface area contributed by atoms with Crippen LogP contribution in [0.1, 0.15) is 12.0 Å². The molecule has 0 aliphatic carbocycles. The van der Waals surface area contributed by atoms with Gasteiger partial charge in [0.25, 0.3) is 0 Å². The molecule has 0 atom stereocenters. The SMILES string of the molecule is COc1ccc(CCCNC(=S)Nc2ccc(F)c(Cl)c2)cc1. The van der Waals surface area contributed by atoms with E-state index in [4.69, 9.17) is 28.6 Å². The van der Waals surface area contributed by atoms with Crippen molar-refractivity contribution in [3.05, 3.63) is 58.9 Å². The van der Waals surface area contributed by atoms with Crippen LogP contribution in [-0.4, -0.2) is 18.8 Å². The summed E-state index contributed by atoms with van der Waals surface area (Å²) in [5.41, 5.74) is 1.90. The van der Waals surface area contributed by atoms with Crippen molar-refractivity contribution in [3.8, 4) is 5.75 Å². The van der Waals surface area contributed by atoms with Gasteiger partial charge in [0.15, 0.2) is 5.11 Å². The molecule has 0 heterocycles. The summed E-state index contributed by atoms with van der Waals surface area (Å²) in [6.07, 6.45) is 1.89. The average Bonchev–Trinajstić information content (AvgIpc) is 2.55. The molecular formula is C17H18ClFN2OS. The third-order valence-corrected chi connectivity index (χ3v) is 3.80. The van der Waals surface area contributed by atoms with E-state index in [1.54, 1.807) is 13.2 Å². The highest BCUT2D eigenvalue weighted by Gasteiger charge is 2.02. The van der Waals surface area contributed by atoms with Gasteiger partial charge in [-0.2, -0.15) is 0 Å². The molecule has 2 N–H and O–H groups in total. The van der Waals surface area contributed by atoms with Crippen molar-refractivity contribution in [3.63, 3.8) is 0 Å². The summed E-state index contributed by atoms with van der Waals surface area (Å²) >= 11 is 10.9. The summed E-state index contributed by atoms with van der Waals surface area (Å²) in [5.74, 6) is 0.408. The normalized spacial score (nSPS) is 10.2. The monoisotopic (exact) mass is 352 g/mol. The van der Waals surface area contributed by atoms with Gasteiger partial charge < -0.3 is 15.4 Å². The smallest absolute Gasteiger partial charge is 0.170 e. The molecule has 2 aromatic carbocycles. The Morgan fingerprint density at radius 3 is 2.61 bits per heavy atom. The zero-order chi connectivity index (χ0) is 16.7. The van der Waals surface area contributed by atoms with Gasteiger partial charge in [0.2, 0.25) is 0 Å². The molecule has 3 nitrogen and oxygen atoms in total. The maximum absolute atomic E-state index is 13.1. The second-order valence-electron chi connectivity index (χ2n) is 4.96. The second kappa shape index (κ2) is 8.70. The Morgan fingerprint density at radius 2 is 1.96 bits per heavy atom. The van der Waals surface area contributed by atoms with E-state index in [-0.39, 0.29) is 5.02 Å². The Balaban J connectivity index is 1.70. The fourth-order valence-corrected chi connectivity index (χ4v) is 2.44. The minimum Gasteiger partial charge on any atom is -0.497 e. The Hall–Kier alpha value is -1.85. The number of halogens is 2. The number of rotatable bonds is 6. The first-order valence-electron chi connectivity index (χ1n) is 7.21. The van der Waals surface area contributed by atoms with Crippen LogP contribution in [0.3, 0.4) is 0 Å². The molecule has 2 rings (SSSR count). The Kier molecular flexibility index (Phi) is 6.62. The topological polar surface area (TPSA) is 33.3 Å². The van der Waals surface area contributed by atoms with Crippen molar-refractivity contribution in [2.75, 3.05) is 19.0 Å². The summed E-state index contributed by atoms with van der Waals surface area (Å²) in [7, 11) is 1.65. The second-order valence-corrected chi connectivity index (χ2v) is 5.78. The molecule has 122 valence electrons. The van der Waals surface area contributed by atoms with Crippen molar-refractivity contribution in [2.45, 2.75) is 12.8 Å². The van der Waals surface area contributed by atoms with Crippen molar-refractivity contribution >= 4 is 34.6 Å². The van der Waals surface area contributed by atoms with Gasteiger partial charge in [0, 0.05) is 12.2 Å². The number of aryl methyl sites for hydroxylation is 1. The predicted molar refractivity (Wildman–Crippen MR) is 96.9 cm³/mol. The van der Waals surface area contributed by atoms with Crippen molar-refractivity contribution in [2.24, 2.45) is 0 Å². The van der Waals surface area contributed by atoms with E-state index in [0.29, 0.717) is 10.8 Å². The van der Waals surface area contributed by atoms with E-state index < -0.39 is 5.82 Å². The van der Waals surface area contributed by atoms with Crippen molar-refractivity contribution in [1.29, 1.82) is 0 Å². The van der Waals surface area contributed by atoms with Crippen LogP contribution in [0.4, 0.5) is 10.1 Å². The number of hydrogen-bond donors (Lipinski definition) is 2. The number of anilines is 1. The molecule has 0 saturated carbocycles. The van der Waals surface area contributed by atoms with Gasteiger partial charge in [0.05, 0.1) is 12.1 Å². The van der Waals surface area contributed by atoms with E-state index in [2.05, 4.69) is 22.8 Å². The number of hydrogen-bond acceptors (Lipinski definition) is 2. The van der Waals surface area contributed by atoms with Crippen LogP contribution in [0.25, 0.3) is 0 Å². The summed E-state index contributed by atoms with van der Waals surface area (Å²) in [4.78, 5) is 0.